The first-order chi connectivity index (χ1) is 10.1. The summed E-state index contributed by atoms with van der Waals surface area (Å²) in [5.41, 5.74) is 1.66. The Morgan fingerprint density at radius 2 is 2.05 bits per heavy atom. The van der Waals surface area contributed by atoms with Gasteiger partial charge in [0, 0.05) is 6.54 Å². The number of benzene rings is 1. The summed E-state index contributed by atoms with van der Waals surface area (Å²) in [6, 6.07) is 8.53. The van der Waals surface area contributed by atoms with Crippen LogP contribution in [0.4, 0.5) is 11.4 Å². The second-order valence-corrected chi connectivity index (χ2v) is 5.20. The first kappa shape index (κ1) is 15.6. The zero-order chi connectivity index (χ0) is 15.2. The van der Waals surface area contributed by atoms with Gasteiger partial charge in [-0.3, -0.25) is 4.79 Å². The van der Waals surface area contributed by atoms with E-state index in [4.69, 9.17) is 23.2 Å². The van der Waals surface area contributed by atoms with Crippen LogP contribution >= 0.6 is 23.2 Å². The van der Waals surface area contributed by atoms with Gasteiger partial charge >= 0.3 is 0 Å². The van der Waals surface area contributed by atoms with Gasteiger partial charge in [0.15, 0.2) is 0 Å². The van der Waals surface area contributed by atoms with Gasteiger partial charge in [-0.2, -0.15) is 0 Å². The minimum absolute atomic E-state index is 0.313. The van der Waals surface area contributed by atoms with Gasteiger partial charge in [-0.15, -0.1) is 0 Å². The molecule has 0 aliphatic rings. The van der Waals surface area contributed by atoms with E-state index in [2.05, 4.69) is 22.5 Å². The molecule has 2 aromatic rings. The van der Waals surface area contributed by atoms with Crippen LogP contribution in [0.25, 0.3) is 0 Å². The van der Waals surface area contributed by atoms with Crippen molar-refractivity contribution in [1.82, 2.24) is 4.98 Å². The molecule has 0 radical (unpaired) electrons. The van der Waals surface area contributed by atoms with E-state index >= 15 is 0 Å². The first-order valence-electron chi connectivity index (χ1n) is 6.57. The van der Waals surface area contributed by atoms with Gasteiger partial charge in [0.1, 0.15) is 5.69 Å². The van der Waals surface area contributed by atoms with Crippen LogP contribution in [-0.2, 0) is 0 Å². The SMILES string of the molecule is CCCNc1ccc(C(=O)Nc2cccc(Cl)c2Cl)nc1. The molecule has 110 valence electrons. The minimum atomic E-state index is -0.332. The molecule has 1 aromatic carbocycles. The molecule has 4 nitrogen and oxygen atoms in total. The predicted molar refractivity (Wildman–Crippen MR) is 87.4 cm³/mol. The van der Waals surface area contributed by atoms with Crippen molar-refractivity contribution in [1.29, 1.82) is 0 Å². The average Bonchev–Trinajstić information content (AvgIpc) is 2.50. The Morgan fingerprint density at radius 3 is 2.71 bits per heavy atom. The van der Waals surface area contributed by atoms with Crippen LogP contribution in [-0.4, -0.2) is 17.4 Å². The van der Waals surface area contributed by atoms with E-state index in [1.807, 2.05) is 6.07 Å². The molecule has 0 saturated heterocycles. The van der Waals surface area contributed by atoms with E-state index in [0.29, 0.717) is 21.4 Å². The second kappa shape index (κ2) is 7.29. The van der Waals surface area contributed by atoms with Gasteiger partial charge < -0.3 is 10.6 Å². The standard InChI is InChI=1S/C15H15Cl2N3O/c1-2-8-18-10-6-7-13(19-9-10)15(21)20-12-5-3-4-11(16)14(12)17/h3-7,9,18H,2,8H2,1H3,(H,20,21). The van der Waals surface area contributed by atoms with E-state index in [9.17, 15) is 4.79 Å². The zero-order valence-corrected chi connectivity index (χ0v) is 13.0. The molecule has 21 heavy (non-hydrogen) atoms. The molecular formula is C15H15Cl2N3O. The lowest BCUT2D eigenvalue weighted by molar-refractivity contribution is 0.102. The number of carbonyl (C=O) groups is 1. The Balaban J connectivity index is 2.08. The molecule has 0 atom stereocenters. The normalized spacial score (nSPS) is 10.2. The number of aromatic nitrogens is 1. The highest BCUT2D eigenvalue weighted by Gasteiger charge is 2.11. The van der Waals surface area contributed by atoms with Gasteiger partial charge in [0.2, 0.25) is 0 Å². The number of pyridine rings is 1. The summed E-state index contributed by atoms with van der Waals surface area (Å²) in [6.07, 6.45) is 2.65. The van der Waals surface area contributed by atoms with Crippen molar-refractivity contribution in [3.05, 3.63) is 52.3 Å². The number of nitrogens with zero attached hydrogens (tertiary/aromatic N) is 1. The van der Waals surface area contributed by atoms with Crippen molar-refractivity contribution in [2.24, 2.45) is 0 Å². The number of rotatable bonds is 5. The van der Waals surface area contributed by atoms with Gasteiger partial charge in [-0.25, -0.2) is 4.98 Å². The highest BCUT2D eigenvalue weighted by atomic mass is 35.5. The Labute approximate surface area is 133 Å². The molecule has 2 rings (SSSR count). The molecule has 6 heteroatoms. The fourth-order valence-electron chi connectivity index (χ4n) is 1.69. The van der Waals surface area contributed by atoms with E-state index in [-0.39, 0.29) is 5.91 Å². The lowest BCUT2D eigenvalue weighted by Crippen LogP contribution is -2.14. The molecule has 0 bridgehead atoms. The largest absolute Gasteiger partial charge is 0.384 e. The predicted octanol–water partition coefficient (Wildman–Crippen LogP) is 4.46. The summed E-state index contributed by atoms with van der Waals surface area (Å²) in [5.74, 6) is -0.332. The third kappa shape index (κ3) is 4.09. The molecule has 0 aliphatic carbocycles. The molecule has 1 amide bonds. The Bertz CT molecular complexity index is 629. The van der Waals surface area contributed by atoms with Gasteiger partial charge in [0.05, 0.1) is 27.6 Å². The fraction of sp³-hybridized carbons (Fsp3) is 0.200. The van der Waals surface area contributed by atoms with E-state index in [0.717, 1.165) is 18.7 Å². The summed E-state index contributed by atoms with van der Waals surface area (Å²) in [7, 11) is 0. The number of halogens is 2. The van der Waals surface area contributed by atoms with Crippen molar-refractivity contribution in [2.75, 3.05) is 17.2 Å². The third-order valence-electron chi connectivity index (χ3n) is 2.78. The number of nitrogens with one attached hydrogen (secondary N) is 2. The van der Waals surface area contributed by atoms with E-state index in [1.54, 1.807) is 30.5 Å². The summed E-state index contributed by atoms with van der Waals surface area (Å²) in [6.45, 7) is 2.95. The summed E-state index contributed by atoms with van der Waals surface area (Å²) < 4.78 is 0. The summed E-state index contributed by atoms with van der Waals surface area (Å²) in [4.78, 5) is 16.2. The Hall–Kier alpha value is -1.78. The number of hydrogen-bond acceptors (Lipinski definition) is 3. The zero-order valence-electron chi connectivity index (χ0n) is 11.5. The molecule has 0 saturated carbocycles. The van der Waals surface area contributed by atoms with Crippen LogP contribution in [0.15, 0.2) is 36.5 Å². The van der Waals surface area contributed by atoms with Crippen molar-refractivity contribution in [3.8, 4) is 0 Å². The van der Waals surface area contributed by atoms with Crippen molar-refractivity contribution in [2.45, 2.75) is 13.3 Å². The summed E-state index contributed by atoms with van der Waals surface area (Å²) in [5, 5.41) is 6.59. The lowest BCUT2D eigenvalue weighted by atomic mass is 10.2. The minimum Gasteiger partial charge on any atom is -0.384 e. The van der Waals surface area contributed by atoms with Crippen molar-refractivity contribution in [3.63, 3.8) is 0 Å². The van der Waals surface area contributed by atoms with Crippen LogP contribution in [0.5, 0.6) is 0 Å². The smallest absolute Gasteiger partial charge is 0.274 e. The number of hydrogen-bond donors (Lipinski definition) is 2. The van der Waals surface area contributed by atoms with Crippen molar-refractivity contribution >= 4 is 40.5 Å². The van der Waals surface area contributed by atoms with Gasteiger partial charge in [-0.1, -0.05) is 36.2 Å². The van der Waals surface area contributed by atoms with E-state index in [1.165, 1.54) is 0 Å². The van der Waals surface area contributed by atoms with Gasteiger partial charge in [-0.05, 0) is 30.7 Å². The monoisotopic (exact) mass is 323 g/mol. The molecule has 0 fully saturated rings. The van der Waals surface area contributed by atoms with Crippen LogP contribution in [0, 0.1) is 0 Å². The molecule has 1 aromatic heterocycles. The molecule has 1 heterocycles. The quantitative estimate of drug-likeness (QED) is 0.853. The van der Waals surface area contributed by atoms with Gasteiger partial charge in [0.25, 0.3) is 5.91 Å². The molecule has 0 aliphatic heterocycles. The number of anilines is 2. The summed E-state index contributed by atoms with van der Waals surface area (Å²) >= 11 is 11.9. The number of amides is 1. The highest BCUT2D eigenvalue weighted by molar-refractivity contribution is 6.44. The van der Waals surface area contributed by atoms with Crippen LogP contribution < -0.4 is 10.6 Å². The van der Waals surface area contributed by atoms with Crippen LogP contribution in [0.3, 0.4) is 0 Å². The maximum absolute atomic E-state index is 12.1. The third-order valence-corrected chi connectivity index (χ3v) is 3.59. The first-order valence-corrected chi connectivity index (χ1v) is 7.32. The maximum Gasteiger partial charge on any atom is 0.274 e. The molecule has 0 spiro atoms. The van der Waals surface area contributed by atoms with Crippen LogP contribution in [0.2, 0.25) is 10.0 Å². The average molecular weight is 324 g/mol. The maximum atomic E-state index is 12.1. The fourth-order valence-corrected chi connectivity index (χ4v) is 2.04. The Morgan fingerprint density at radius 1 is 1.24 bits per heavy atom. The Kier molecular flexibility index (Phi) is 5.42. The van der Waals surface area contributed by atoms with Crippen LogP contribution in [0.1, 0.15) is 23.8 Å². The number of carbonyl (C=O) groups excluding carboxylic acids is 1. The van der Waals surface area contributed by atoms with E-state index < -0.39 is 0 Å². The highest BCUT2D eigenvalue weighted by Crippen LogP contribution is 2.29. The molecule has 2 N–H and O–H groups in total. The lowest BCUT2D eigenvalue weighted by Gasteiger charge is -2.08. The van der Waals surface area contributed by atoms with Crippen molar-refractivity contribution < 1.29 is 4.79 Å². The molecule has 0 unspecified atom stereocenters. The molecular weight excluding hydrogens is 309 g/mol. The topological polar surface area (TPSA) is 54.0 Å². The second-order valence-electron chi connectivity index (χ2n) is 4.41.